The molecule has 160 valence electrons. The number of hydrogen-bond donors (Lipinski definition) is 2. The second-order valence-electron chi connectivity index (χ2n) is 7.22. The highest BCUT2D eigenvalue weighted by Gasteiger charge is 2.24. The van der Waals surface area contributed by atoms with E-state index in [-0.39, 0.29) is 18.4 Å². The molecule has 1 aromatic heterocycles. The van der Waals surface area contributed by atoms with Gasteiger partial charge in [0.1, 0.15) is 11.5 Å². The maximum atomic E-state index is 12.3. The summed E-state index contributed by atoms with van der Waals surface area (Å²) in [5.41, 5.74) is 3.40. The molecule has 0 saturated heterocycles. The van der Waals surface area contributed by atoms with Crippen molar-refractivity contribution >= 4 is 34.0 Å². The van der Waals surface area contributed by atoms with Crippen molar-refractivity contribution in [2.45, 2.75) is 33.3 Å². The number of rotatable bonds is 6. The van der Waals surface area contributed by atoms with E-state index in [0.717, 1.165) is 22.6 Å². The van der Waals surface area contributed by atoms with Crippen LogP contribution < -0.4 is 20.1 Å². The number of nitrogens with zero attached hydrogens (tertiary/aromatic N) is 1. The highest BCUT2D eigenvalue weighted by atomic mass is 32.1. The molecule has 8 heteroatoms. The average Bonchev–Trinajstić information content (AvgIpc) is 3.13. The van der Waals surface area contributed by atoms with Gasteiger partial charge in [-0.3, -0.25) is 14.9 Å². The quantitative estimate of drug-likeness (QED) is 0.596. The zero-order valence-electron chi connectivity index (χ0n) is 17.5. The number of aryl methyl sites for hydroxylation is 2. The SMILES string of the molecule is CCc1ccc(OCC(=O)Nc2nc(-c3ccc4c(c3)NC(=O)C(C)O4)c(C)s2)cc1. The number of ether oxygens (including phenoxy) is 2. The Bertz CT molecular complexity index is 1120. The molecule has 0 bridgehead atoms. The molecule has 2 aromatic carbocycles. The molecule has 0 spiro atoms. The highest BCUT2D eigenvalue weighted by Crippen LogP contribution is 2.36. The zero-order chi connectivity index (χ0) is 22.0. The number of benzene rings is 2. The fraction of sp³-hybridized carbons (Fsp3) is 0.261. The Morgan fingerprint density at radius 1 is 1.26 bits per heavy atom. The van der Waals surface area contributed by atoms with E-state index in [9.17, 15) is 9.59 Å². The first-order valence-electron chi connectivity index (χ1n) is 10.0. The molecule has 31 heavy (non-hydrogen) atoms. The van der Waals surface area contributed by atoms with E-state index in [2.05, 4.69) is 22.5 Å². The normalized spacial score (nSPS) is 14.9. The van der Waals surface area contributed by atoms with Crippen molar-refractivity contribution in [3.05, 3.63) is 52.9 Å². The minimum Gasteiger partial charge on any atom is -0.484 e. The number of fused-ring (bicyclic) bond motifs is 1. The van der Waals surface area contributed by atoms with Crippen LogP contribution in [0.2, 0.25) is 0 Å². The summed E-state index contributed by atoms with van der Waals surface area (Å²) < 4.78 is 11.2. The van der Waals surface area contributed by atoms with E-state index in [4.69, 9.17) is 9.47 Å². The molecule has 1 atom stereocenters. The molecule has 0 aliphatic carbocycles. The molecule has 1 aliphatic rings. The van der Waals surface area contributed by atoms with E-state index in [1.807, 2.05) is 49.4 Å². The van der Waals surface area contributed by atoms with Crippen LogP contribution in [0.3, 0.4) is 0 Å². The Balaban J connectivity index is 1.42. The maximum Gasteiger partial charge on any atom is 0.265 e. The predicted octanol–water partition coefficient (Wildman–Crippen LogP) is 4.42. The van der Waals surface area contributed by atoms with Crippen LogP contribution in [0.4, 0.5) is 10.8 Å². The number of nitrogens with one attached hydrogen (secondary N) is 2. The Morgan fingerprint density at radius 3 is 2.77 bits per heavy atom. The van der Waals surface area contributed by atoms with Crippen molar-refractivity contribution in [3.8, 4) is 22.8 Å². The van der Waals surface area contributed by atoms with Gasteiger partial charge in [0.2, 0.25) is 0 Å². The lowest BCUT2D eigenvalue weighted by atomic mass is 10.1. The lowest BCUT2D eigenvalue weighted by Gasteiger charge is -2.23. The second-order valence-corrected chi connectivity index (χ2v) is 8.42. The molecule has 3 aromatic rings. The zero-order valence-corrected chi connectivity index (χ0v) is 18.3. The summed E-state index contributed by atoms with van der Waals surface area (Å²) in [4.78, 5) is 29.7. The van der Waals surface area contributed by atoms with E-state index in [1.54, 1.807) is 6.92 Å². The number of hydrogen-bond acceptors (Lipinski definition) is 6. The Labute approximate surface area is 184 Å². The van der Waals surface area contributed by atoms with Crippen LogP contribution in [0.25, 0.3) is 11.3 Å². The first-order chi connectivity index (χ1) is 14.9. The fourth-order valence-corrected chi connectivity index (χ4v) is 4.05. The van der Waals surface area contributed by atoms with Crippen LogP contribution >= 0.6 is 11.3 Å². The summed E-state index contributed by atoms with van der Waals surface area (Å²) in [7, 11) is 0. The minimum atomic E-state index is -0.520. The van der Waals surface area contributed by atoms with Gasteiger partial charge in [-0.1, -0.05) is 19.1 Å². The van der Waals surface area contributed by atoms with Gasteiger partial charge in [-0.2, -0.15) is 0 Å². The van der Waals surface area contributed by atoms with Gasteiger partial charge in [0, 0.05) is 10.4 Å². The summed E-state index contributed by atoms with van der Waals surface area (Å²) in [6.45, 7) is 5.63. The third-order valence-corrected chi connectivity index (χ3v) is 5.81. The molecule has 0 radical (unpaired) electrons. The van der Waals surface area contributed by atoms with Gasteiger partial charge in [-0.05, 0) is 56.2 Å². The largest absolute Gasteiger partial charge is 0.484 e. The Hall–Kier alpha value is -3.39. The molecule has 2 heterocycles. The van der Waals surface area contributed by atoms with Gasteiger partial charge in [0.15, 0.2) is 17.8 Å². The number of carbonyl (C=O) groups is 2. The minimum absolute atomic E-state index is 0.0974. The standard InChI is InChI=1S/C23H23N3O4S/c1-4-15-5-8-17(9-6-15)29-12-20(27)25-23-26-21(14(3)31-23)16-7-10-19-18(11-16)24-22(28)13(2)30-19/h5-11,13H,4,12H2,1-3H3,(H,24,28)(H,25,26,27). The number of amides is 2. The van der Waals surface area contributed by atoms with Crippen LogP contribution in [0, 0.1) is 6.92 Å². The van der Waals surface area contributed by atoms with Gasteiger partial charge in [0.05, 0.1) is 11.4 Å². The molecule has 1 unspecified atom stereocenters. The van der Waals surface area contributed by atoms with Gasteiger partial charge >= 0.3 is 0 Å². The van der Waals surface area contributed by atoms with Gasteiger partial charge in [-0.15, -0.1) is 11.3 Å². The molecule has 7 nitrogen and oxygen atoms in total. The van der Waals surface area contributed by atoms with Crippen molar-refractivity contribution in [3.63, 3.8) is 0 Å². The van der Waals surface area contributed by atoms with Crippen molar-refractivity contribution in [2.24, 2.45) is 0 Å². The van der Waals surface area contributed by atoms with E-state index < -0.39 is 6.10 Å². The van der Waals surface area contributed by atoms with Gasteiger partial charge < -0.3 is 14.8 Å². The summed E-state index contributed by atoms with van der Waals surface area (Å²) in [5.74, 6) is 0.814. The van der Waals surface area contributed by atoms with Crippen molar-refractivity contribution < 1.29 is 19.1 Å². The Kier molecular flexibility index (Phi) is 5.90. The summed E-state index contributed by atoms with van der Waals surface area (Å²) >= 11 is 1.39. The highest BCUT2D eigenvalue weighted by molar-refractivity contribution is 7.16. The maximum absolute atomic E-state index is 12.3. The van der Waals surface area contributed by atoms with E-state index in [0.29, 0.717) is 22.3 Å². The van der Waals surface area contributed by atoms with Crippen molar-refractivity contribution in [2.75, 3.05) is 17.2 Å². The van der Waals surface area contributed by atoms with Crippen LogP contribution in [0.1, 0.15) is 24.3 Å². The summed E-state index contributed by atoms with van der Waals surface area (Å²) in [6, 6.07) is 13.2. The number of anilines is 2. The number of thiazole rings is 1. The first kappa shape index (κ1) is 20.9. The lowest BCUT2D eigenvalue weighted by Crippen LogP contribution is -2.34. The van der Waals surface area contributed by atoms with Crippen LogP contribution in [0.15, 0.2) is 42.5 Å². The monoisotopic (exact) mass is 437 g/mol. The molecule has 2 amide bonds. The average molecular weight is 438 g/mol. The Morgan fingerprint density at radius 2 is 2.03 bits per heavy atom. The van der Waals surface area contributed by atoms with Crippen LogP contribution in [-0.4, -0.2) is 29.5 Å². The third kappa shape index (κ3) is 4.69. The lowest BCUT2D eigenvalue weighted by molar-refractivity contribution is -0.122. The van der Waals surface area contributed by atoms with E-state index in [1.165, 1.54) is 16.9 Å². The van der Waals surface area contributed by atoms with Crippen LogP contribution in [0.5, 0.6) is 11.5 Å². The number of aromatic nitrogens is 1. The first-order valence-corrected chi connectivity index (χ1v) is 10.9. The predicted molar refractivity (Wildman–Crippen MR) is 121 cm³/mol. The molecular formula is C23H23N3O4S. The summed E-state index contributed by atoms with van der Waals surface area (Å²) in [6.07, 6.45) is 0.433. The molecular weight excluding hydrogens is 414 g/mol. The van der Waals surface area contributed by atoms with Crippen molar-refractivity contribution in [1.29, 1.82) is 0 Å². The number of carbonyl (C=O) groups excluding carboxylic acids is 2. The fourth-order valence-electron chi connectivity index (χ4n) is 3.20. The van der Waals surface area contributed by atoms with Crippen molar-refractivity contribution in [1.82, 2.24) is 4.98 Å². The van der Waals surface area contributed by atoms with Crippen LogP contribution in [-0.2, 0) is 16.0 Å². The molecule has 2 N–H and O–H groups in total. The van der Waals surface area contributed by atoms with Gasteiger partial charge in [0.25, 0.3) is 11.8 Å². The molecule has 4 rings (SSSR count). The molecule has 1 aliphatic heterocycles. The molecule has 0 saturated carbocycles. The summed E-state index contributed by atoms with van der Waals surface area (Å²) in [5, 5.41) is 6.13. The van der Waals surface area contributed by atoms with E-state index >= 15 is 0 Å². The van der Waals surface area contributed by atoms with Gasteiger partial charge in [-0.25, -0.2) is 4.98 Å². The smallest absolute Gasteiger partial charge is 0.265 e. The topological polar surface area (TPSA) is 89.5 Å². The second kappa shape index (κ2) is 8.77. The molecule has 0 fully saturated rings. The third-order valence-electron chi connectivity index (χ3n) is 4.93.